The fraction of sp³-hybridized carbons (Fsp3) is 0.429. The van der Waals surface area contributed by atoms with Crippen molar-refractivity contribution in [3.05, 3.63) is 23.8 Å². The van der Waals surface area contributed by atoms with Gasteiger partial charge in [-0.3, -0.25) is 0 Å². The minimum absolute atomic E-state index is 0.269. The van der Waals surface area contributed by atoms with E-state index in [0.717, 1.165) is 19.2 Å². The smallest absolute Gasteiger partial charge is 0.186 e. The summed E-state index contributed by atoms with van der Waals surface area (Å²) in [5.74, 6) is -3.08. The molecule has 0 spiro atoms. The lowest BCUT2D eigenvalue weighted by Gasteiger charge is -2.32. The van der Waals surface area contributed by atoms with Crippen LogP contribution in [0.1, 0.15) is 19.8 Å². The molecule has 21 heavy (non-hydrogen) atoms. The predicted molar refractivity (Wildman–Crippen MR) is 74.4 cm³/mol. The van der Waals surface area contributed by atoms with Crippen LogP contribution < -0.4 is 10.6 Å². The molecule has 0 bridgehead atoms. The van der Waals surface area contributed by atoms with E-state index in [-0.39, 0.29) is 17.0 Å². The zero-order valence-electron chi connectivity index (χ0n) is 11.5. The highest BCUT2D eigenvalue weighted by atomic mass is 19.2. The Bertz CT molecular complexity index is 696. The van der Waals surface area contributed by atoms with Gasteiger partial charge in [0.05, 0.1) is 5.39 Å². The van der Waals surface area contributed by atoms with Crippen LogP contribution in [0.2, 0.25) is 0 Å². The average Bonchev–Trinajstić information content (AvgIpc) is 2.47. The first-order valence-electron chi connectivity index (χ1n) is 6.82. The van der Waals surface area contributed by atoms with E-state index in [2.05, 4.69) is 16.9 Å². The molecular formula is C14H15F3N4. The van der Waals surface area contributed by atoms with Gasteiger partial charge in [-0.15, -0.1) is 0 Å². The Morgan fingerprint density at radius 1 is 1.10 bits per heavy atom. The minimum atomic E-state index is -1.23. The van der Waals surface area contributed by atoms with Crippen LogP contribution >= 0.6 is 0 Å². The Labute approximate surface area is 119 Å². The molecule has 0 amide bonds. The maximum Gasteiger partial charge on any atom is 0.186 e. The molecule has 1 aliphatic rings. The minimum Gasteiger partial charge on any atom is -0.383 e. The summed E-state index contributed by atoms with van der Waals surface area (Å²) in [6, 6.07) is 0. The van der Waals surface area contributed by atoms with Crippen LogP contribution in [0, 0.1) is 23.4 Å². The quantitative estimate of drug-likeness (QED) is 0.822. The zero-order chi connectivity index (χ0) is 15.1. The van der Waals surface area contributed by atoms with E-state index >= 15 is 0 Å². The Morgan fingerprint density at radius 3 is 2.43 bits per heavy atom. The number of nitrogens with two attached hydrogens (primary N) is 1. The topological polar surface area (TPSA) is 55.0 Å². The second-order valence-corrected chi connectivity index (χ2v) is 5.44. The molecule has 1 aromatic heterocycles. The number of fused-ring (bicyclic) bond motifs is 1. The molecule has 3 rings (SSSR count). The van der Waals surface area contributed by atoms with Crippen LogP contribution in [0.5, 0.6) is 0 Å². The molecule has 1 fully saturated rings. The molecule has 1 aromatic carbocycles. The van der Waals surface area contributed by atoms with Crippen molar-refractivity contribution < 1.29 is 13.2 Å². The maximum absolute atomic E-state index is 14.6. The van der Waals surface area contributed by atoms with Gasteiger partial charge in [-0.1, -0.05) is 6.92 Å². The number of nitrogens with zero attached hydrogens (tertiary/aromatic N) is 3. The molecule has 0 aliphatic carbocycles. The molecule has 1 saturated heterocycles. The SMILES string of the molecule is CC1CCN(c2c(F)c(F)c3c(N)ncnc3c2F)CC1. The van der Waals surface area contributed by atoms with Gasteiger partial charge in [-0.25, -0.2) is 23.1 Å². The van der Waals surface area contributed by atoms with Gasteiger partial charge in [0.15, 0.2) is 17.5 Å². The van der Waals surface area contributed by atoms with Crippen molar-refractivity contribution in [1.82, 2.24) is 9.97 Å². The Morgan fingerprint density at radius 2 is 1.76 bits per heavy atom. The summed E-state index contributed by atoms with van der Waals surface area (Å²) in [5, 5.41) is -0.401. The number of hydrogen-bond donors (Lipinski definition) is 1. The van der Waals surface area contributed by atoms with Gasteiger partial charge in [0.1, 0.15) is 23.3 Å². The molecule has 2 heterocycles. The molecule has 0 radical (unpaired) electrons. The Kier molecular flexibility index (Phi) is 3.35. The Hall–Kier alpha value is -2.05. The number of halogens is 3. The van der Waals surface area contributed by atoms with Crippen molar-refractivity contribution in [2.75, 3.05) is 23.7 Å². The summed E-state index contributed by atoms with van der Waals surface area (Å²) in [6.45, 7) is 3.06. The second-order valence-electron chi connectivity index (χ2n) is 5.44. The van der Waals surface area contributed by atoms with Crippen LogP contribution in [0.4, 0.5) is 24.7 Å². The normalized spacial score (nSPS) is 16.7. The third-order valence-electron chi connectivity index (χ3n) is 4.01. The van der Waals surface area contributed by atoms with Gasteiger partial charge in [0.2, 0.25) is 0 Å². The zero-order valence-corrected chi connectivity index (χ0v) is 11.5. The highest BCUT2D eigenvalue weighted by Crippen LogP contribution is 2.35. The first-order chi connectivity index (χ1) is 10.0. The van der Waals surface area contributed by atoms with Gasteiger partial charge >= 0.3 is 0 Å². The molecule has 0 saturated carbocycles. The molecule has 0 atom stereocenters. The number of hydrogen-bond acceptors (Lipinski definition) is 4. The van der Waals surface area contributed by atoms with Crippen molar-refractivity contribution >= 4 is 22.4 Å². The standard InChI is InChI=1S/C14H15F3N4/c1-7-2-4-21(5-3-7)13-10(16)9(15)8-12(11(13)17)19-6-20-14(8)18/h6-7H,2-5H2,1H3,(H2,18,19,20). The van der Waals surface area contributed by atoms with Crippen molar-refractivity contribution in [3.8, 4) is 0 Å². The van der Waals surface area contributed by atoms with E-state index in [1.54, 1.807) is 0 Å². The third kappa shape index (κ3) is 2.16. The van der Waals surface area contributed by atoms with Gasteiger partial charge in [0, 0.05) is 13.1 Å². The summed E-state index contributed by atoms with van der Waals surface area (Å²) in [7, 11) is 0. The average molecular weight is 296 g/mol. The van der Waals surface area contributed by atoms with E-state index in [1.807, 2.05) is 0 Å². The fourth-order valence-corrected chi connectivity index (χ4v) is 2.71. The number of aromatic nitrogens is 2. The van der Waals surface area contributed by atoms with E-state index < -0.39 is 22.8 Å². The van der Waals surface area contributed by atoms with Crippen molar-refractivity contribution in [2.24, 2.45) is 5.92 Å². The number of benzene rings is 1. The molecule has 7 heteroatoms. The van der Waals surface area contributed by atoms with Gasteiger partial charge in [0.25, 0.3) is 0 Å². The lowest BCUT2D eigenvalue weighted by atomic mass is 9.98. The van der Waals surface area contributed by atoms with Crippen LogP contribution in [0.3, 0.4) is 0 Å². The number of rotatable bonds is 1. The summed E-state index contributed by atoms with van der Waals surface area (Å²) in [6.07, 6.45) is 2.66. The summed E-state index contributed by atoms with van der Waals surface area (Å²) in [4.78, 5) is 8.83. The maximum atomic E-state index is 14.6. The molecule has 2 N–H and O–H groups in total. The van der Waals surface area contributed by atoms with E-state index in [0.29, 0.717) is 19.0 Å². The van der Waals surface area contributed by atoms with E-state index in [4.69, 9.17) is 5.73 Å². The summed E-state index contributed by atoms with van der Waals surface area (Å²) < 4.78 is 43.1. The van der Waals surface area contributed by atoms with Crippen LogP contribution in [-0.4, -0.2) is 23.1 Å². The lowest BCUT2D eigenvalue weighted by Crippen LogP contribution is -2.34. The van der Waals surface area contributed by atoms with Crippen molar-refractivity contribution in [1.29, 1.82) is 0 Å². The predicted octanol–water partition coefficient (Wildman–Crippen LogP) is 2.87. The van der Waals surface area contributed by atoms with Crippen molar-refractivity contribution in [2.45, 2.75) is 19.8 Å². The Balaban J connectivity index is 2.20. The van der Waals surface area contributed by atoms with Gasteiger partial charge < -0.3 is 10.6 Å². The first-order valence-corrected chi connectivity index (χ1v) is 6.82. The molecule has 2 aromatic rings. The monoisotopic (exact) mass is 296 g/mol. The lowest BCUT2D eigenvalue weighted by molar-refractivity contribution is 0.425. The molecule has 0 unspecified atom stereocenters. The highest BCUT2D eigenvalue weighted by molar-refractivity contribution is 5.91. The van der Waals surface area contributed by atoms with E-state index in [9.17, 15) is 13.2 Å². The third-order valence-corrected chi connectivity index (χ3v) is 4.01. The van der Waals surface area contributed by atoms with E-state index in [1.165, 1.54) is 4.90 Å². The van der Waals surface area contributed by atoms with Gasteiger partial charge in [-0.05, 0) is 18.8 Å². The number of anilines is 2. The number of nitrogen functional groups attached to an aromatic ring is 1. The second kappa shape index (κ2) is 5.05. The number of piperidine rings is 1. The summed E-state index contributed by atoms with van der Waals surface area (Å²) in [5.41, 5.74) is 4.86. The molecule has 4 nitrogen and oxygen atoms in total. The van der Waals surface area contributed by atoms with Crippen LogP contribution in [0.15, 0.2) is 6.33 Å². The molecular weight excluding hydrogens is 281 g/mol. The largest absolute Gasteiger partial charge is 0.383 e. The molecule has 112 valence electrons. The van der Waals surface area contributed by atoms with Crippen molar-refractivity contribution in [3.63, 3.8) is 0 Å². The summed E-state index contributed by atoms with van der Waals surface area (Å²) >= 11 is 0. The van der Waals surface area contributed by atoms with Gasteiger partial charge in [-0.2, -0.15) is 0 Å². The van der Waals surface area contributed by atoms with Crippen LogP contribution in [-0.2, 0) is 0 Å². The fourth-order valence-electron chi connectivity index (χ4n) is 2.71. The molecule has 1 aliphatic heterocycles. The first kappa shape index (κ1) is 13.9. The van der Waals surface area contributed by atoms with Crippen LogP contribution in [0.25, 0.3) is 10.9 Å². The highest BCUT2D eigenvalue weighted by Gasteiger charge is 2.28.